The normalized spacial score (nSPS) is 17.8. The maximum absolute atomic E-state index is 10.0. The minimum absolute atomic E-state index is 0.119. The molecule has 0 unspecified atom stereocenters. The van der Waals surface area contributed by atoms with E-state index in [0.717, 1.165) is 49.7 Å². The maximum Gasteiger partial charge on any atom is 0.228 e. The number of phenols is 1. The summed E-state index contributed by atoms with van der Waals surface area (Å²) in [5, 5.41) is 19.0. The molecule has 3 aromatic rings. The fraction of sp³-hybridized carbons (Fsp3) is 0.333. The molecule has 0 radical (unpaired) electrons. The van der Waals surface area contributed by atoms with Gasteiger partial charge in [-0.25, -0.2) is 4.98 Å². The Morgan fingerprint density at radius 3 is 2.75 bits per heavy atom. The second-order valence-electron chi connectivity index (χ2n) is 7.96. The van der Waals surface area contributed by atoms with Gasteiger partial charge in [0, 0.05) is 43.4 Å². The van der Waals surface area contributed by atoms with E-state index in [0.29, 0.717) is 29.2 Å². The first-order valence-corrected chi connectivity index (χ1v) is 10.7. The number of para-hydroxylation sites is 1. The lowest BCUT2D eigenvalue weighted by Gasteiger charge is -2.30. The summed E-state index contributed by atoms with van der Waals surface area (Å²) in [6, 6.07) is 12.9. The number of nitrogens with one attached hydrogen (secondary N) is 1. The van der Waals surface area contributed by atoms with E-state index in [1.807, 2.05) is 34.9 Å². The van der Waals surface area contributed by atoms with Gasteiger partial charge in [0.1, 0.15) is 29.1 Å². The summed E-state index contributed by atoms with van der Waals surface area (Å²) in [5.74, 6) is 1.46. The Kier molecular flexibility index (Phi) is 5.55. The van der Waals surface area contributed by atoms with Crippen molar-refractivity contribution in [3.05, 3.63) is 71.0 Å². The molecule has 5 rings (SSSR count). The van der Waals surface area contributed by atoms with Crippen LogP contribution in [0.4, 0.5) is 0 Å². The first-order valence-electron chi connectivity index (χ1n) is 10.7. The van der Waals surface area contributed by atoms with Crippen LogP contribution < -0.4 is 15.0 Å². The van der Waals surface area contributed by atoms with Gasteiger partial charge in [0.05, 0.1) is 31.8 Å². The molecule has 0 spiro atoms. The largest absolute Gasteiger partial charge is 0.508 e. The van der Waals surface area contributed by atoms with Crippen LogP contribution in [0.15, 0.2) is 48.8 Å². The lowest BCUT2D eigenvalue weighted by molar-refractivity contribution is 0.0362. The maximum atomic E-state index is 10.0. The number of hydrogen-bond donors (Lipinski definition) is 2. The molecular formula is C24H26N4O4. The van der Waals surface area contributed by atoms with E-state index in [1.165, 1.54) is 0 Å². The number of morpholine rings is 1. The summed E-state index contributed by atoms with van der Waals surface area (Å²) in [6.07, 6.45) is 1.66. The Morgan fingerprint density at radius 1 is 1.12 bits per heavy atom. The highest BCUT2D eigenvalue weighted by Gasteiger charge is 2.33. The number of ether oxygens (including phenoxy) is 3. The van der Waals surface area contributed by atoms with E-state index in [4.69, 9.17) is 19.6 Å². The summed E-state index contributed by atoms with van der Waals surface area (Å²) < 4.78 is 19.0. The van der Waals surface area contributed by atoms with Crippen LogP contribution in [-0.2, 0) is 11.3 Å². The molecule has 1 atom stereocenters. The van der Waals surface area contributed by atoms with Crippen LogP contribution in [0.1, 0.15) is 22.6 Å². The number of phenolic OH excluding ortho intramolecular Hbond substituents is 1. The first-order chi connectivity index (χ1) is 15.7. The molecule has 1 aromatic heterocycles. The lowest BCUT2D eigenvalue weighted by Crippen LogP contribution is -2.40. The fourth-order valence-electron chi connectivity index (χ4n) is 4.43. The zero-order valence-corrected chi connectivity index (χ0v) is 18.0. The number of methoxy groups -OCH3 is 1. The highest BCUT2D eigenvalue weighted by Crippen LogP contribution is 2.47. The summed E-state index contributed by atoms with van der Waals surface area (Å²) in [4.78, 5) is 6.89. The van der Waals surface area contributed by atoms with E-state index in [9.17, 15) is 5.11 Å². The number of fused-ring (bicyclic) bond motifs is 2. The van der Waals surface area contributed by atoms with Gasteiger partial charge in [-0.15, -0.1) is 0 Å². The summed E-state index contributed by atoms with van der Waals surface area (Å²) >= 11 is 0. The van der Waals surface area contributed by atoms with Crippen molar-refractivity contribution in [3.63, 3.8) is 0 Å². The van der Waals surface area contributed by atoms with Crippen LogP contribution in [0.2, 0.25) is 0 Å². The fourth-order valence-corrected chi connectivity index (χ4v) is 4.43. The third-order valence-electron chi connectivity index (χ3n) is 6.10. The van der Waals surface area contributed by atoms with E-state index >= 15 is 0 Å². The molecule has 8 heteroatoms. The van der Waals surface area contributed by atoms with Gasteiger partial charge in [-0.3, -0.25) is 10.3 Å². The Morgan fingerprint density at radius 2 is 1.94 bits per heavy atom. The van der Waals surface area contributed by atoms with Crippen LogP contribution in [-0.4, -0.2) is 59.5 Å². The number of nitrogens with zero attached hydrogens (tertiary/aromatic N) is 3. The molecule has 0 amide bonds. The molecule has 0 bridgehead atoms. The van der Waals surface area contributed by atoms with Crippen LogP contribution in [0.25, 0.3) is 0 Å². The van der Waals surface area contributed by atoms with Crippen LogP contribution in [0, 0.1) is 5.41 Å². The summed E-state index contributed by atoms with van der Waals surface area (Å²) in [7, 11) is 1.64. The minimum atomic E-state index is -0.304. The van der Waals surface area contributed by atoms with Crippen LogP contribution in [0.5, 0.6) is 23.1 Å². The van der Waals surface area contributed by atoms with Crippen molar-refractivity contribution in [2.75, 3.05) is 40.0 Å². The number of benzene rings is 2. The SMILES string of the molecule is COc1ccccc1[C@@H]1c2ccc(O)cc2Oc2ncn(CCN3CCOCC3)c(=N)c21. The van der Waals surface area contributed by atoms with Gasteiger partial charge >= 0.3 is 0 Å². The molecule has 32 heavy (non-hydrogen) atoms. The predicted molar refractivity (Wildman–Crippen MR) is 117 cm³/mol. The Labute approximate surface area is 186 Å². The minimum Gasteiger partial charge on any atom is -0.508 e. The standard InChI is InChI=1S/C24H26N4O4/c1-30-19-5-3-2-4-17(19)21-18-7-6-16(29)14-20(18)32-24-22(21)23(25)28(15-26-24)9-8-27-10-12-31-13-11-27/h2-7,14-15,21,25,29H,8-13H2,1H3/t21-/m1/s1. The second-order valence-corrected chi connectivity index (χ2v) is 7.96. The number of aromatic nitrogens is 2. The first kappa shape index (κ1) is 20.5. The van der Waals surface area contributed by atoms with Gasteiger partial charge in [0.2, 0.25) is 5.88 Å². The molecule has 1 fully saturated rings. The van der Waals surface area contributed by atoms with E-state index < -0.39 is 0 Å². The quantitative estimate of drug-likeness (QED) is 0.502. The topological polar surface area (TPSA) is 92.8 Å². The molecule has 8 nitrogen and oxygen atoms in total. The average Bonchev–Trinajstić information content (AvgIpc) is 2.83. The second kappa shape index (κ2) is 8.64. The van der Waals surface area contributed by atoms with Gasteiger partial charge < -0.3 is 23.9 Å². The number of hydrogen-bond acceptors (Lipinski definition) is 7. The molecule has 1 saturated heterocycles. The van der Waals surface area contributed by atoms with Gasteiger partial charge in [-0.05, 0) is 12.1 Å². The molecule has 0 aliphatic carbocycles. The van der Waals surface area contributed by atoms with Crippen molar-refractivity contribution in [1.82, 2.24) is 14.5 Å². The summed E-state index contributed by atoms with van der Waals surface area (Å²) in [5.41, 5.74) is 2.84. The number of aromatic hydroxyl groups is 1. The van der Waals surface area contributed by atoms with E-state index in [-0.39, 0.29) is 11.7 Å². The molecule has 166 valence electrons. The smallest absolute Gasteiger partial charge is 0.228 e. The molecule has 2 aromatic carbocycles. The lowest BCUT2D eigenvalue weighted by atomic mass is 9.83. The zero-order chi connectivity index (χ0) is 22.1. The molecular weight excluding hydrogens is 408 g/mol. The van der Waals surface area contributed by atoms with Crippen molar-refractivity contribution in [2.45, 2.75) is 12.5 Å². The van der Waals surface area contributed by atoms with Gasteiger partial charge in [-0.2, -0.15) is 0 Å². The highest BCUT2D eigenvalue weighted by molar-refractivity contribution is 5.59. The molecule has 2 aliphatic heterocycles. The van der Waals surface area contributed by atoms with Crippen molar-refractivity contribution in [1.29, 1.82) is 5.41 Å². The summed E-state index contributed by atoms with van der Waals surface area (Å²) in [6.45, 7) is 4.76. The number of rotatable bonds is 5. The van der Waals surface area contributed by atoms with E-state index in [1.54, 1.807) is 25.6 Å². The molecule has 2 N–H and O–H groups in total. The van der Waals surface area contributed by atoms with Gasteiger partial charge in [0.15, 0.2) is 0 Å². The highest BCUT2D eigenvalue weighted by atomic mass is 16.5. The van der Waals surface area contributed by atoms with Gasteiger partial charge in [0.25, 0.3) is 0 Å². The third kappa shape index (κ3) is 3.72. The Hall–Kier alpha value is -3.36. The van der Waals surface area contributed by atoms with Crippen molar-refractivity contribution in [3.8, 4) is 23.1 Å². The Balaban J connectivity index is 1.59. The zero-order valence-electron chi connectivity index (χ0n) is 18.0. The predicted octanol–water partition coefficient (Wildman–Crippen LogP) is 2.69. The van der Waals surface area contributed by atoms with Gasteiger partial charge in [-0.1, -0.05) is 24.3 Å². The van der Waals surface area contributed by atoms with Crippen molar-refractivity contribution in [2.24, 2.45) is 0 Å². The van der Waals surface area contributed by atoms with E-state index in [2.05, 4.69) is 9.88 Å². The molecule has 0 saturated carbocycles. The monoisotopic (exact) mass is 434 g/mol. The van der Waals surface area contributed by atoms with Crippen molar-refractivity contribution >= 4 is 0 Å². The molecule has 3 heterocycles. The van der Waals surface area contributed by atoms with Crippen LogP contribution >= 0.6 is 0 Å². The molecule has 2 aliphatic rings. The van der Waals surface area contributed by atoms with Crippen molar-refractivity contribution < 1.29 is 19.3 Å². The average molecular weight is 434 g/mol. The third-order valence-corrected chi connectivity index (χ3v) is 6.10. The Bertz CT molecular complexity index is 1190. The van der Waals surface area contributed by atoms with Crippen LogP contribution in [0.3, 0.4) is 0 Å².